The number of rotatable bonds is 4. The first-order valence-electron chi connectivity index (χ1n) is 7.58. The zero-order chi connectivity index (χ0) is 14.0. The molecule has 1 saturated heterocycles. The van der Waals surface area contributed by atoms with E-state index in [1.54, 1.807) is 0 Å². The lowest BCUT2D eigenvalue weighted by molar-refractivity contribution is -0.142. The molecule has 2 nitrogen and oxygen atoms in total. The first-order chi connectivity index (χ1) is 9.06. The normalized spacial score (nSPS) is 35.5. The van der Waals surface area contributed by atoms with E-state index in [9.17, 15) is 4.79 Å². The van der Waals surface area contributed by atoms with E-state index in [4.69, 9.17) is 4.74 Å². The third-order valence-corrected chi connectivity index (χ3v) is 4.82. The zero-order valence-corrected chi connectivity index (χ0v) is 12.6. The van der Waals surface area contributed by atoms with Gasteiger partial charge >= 0.3 is 5.97 Å². The molecule has 0 N–H and O–H groups in total. The second-order valence-corrected chi connectivity index (χ2v) is 6.12. The maximum Gasteiger partial charge on any atom is 0.309 e. The number of carbonyl (C=O) groups is 1. The quantitative estimate of drug-likeness (QED) is 0.562. The highest BCUT2D eigenvalue weighted by molar-refractivity contribution is 5.76. The van der Waals surface area contributed by atoms with Gasteiger partial charge in [0, 0.05) is 5.92 Å². The molecule has 0 bridgehead atoms. The van der Waals surface area contributed by atoms with E-state index in [1.165, 1.54) is 11.1 Å². The van der Waals surface area contributed by atoms with Crippen molar-refractivity contribution < 1.29 is 9.53 Å². The average Bonchev–Trinajstić information content (AvgIpc) is 2.92. The van der Waals surface area contributed by atoms with Gasteiger partial charge in [0.15, 0.2) is 0 Å². The molecule has 0 aromatic carbocycles. The summed E-state index contributed by atoms with van der Waals surface area (Å²) in [5.74, 6) is 1.43. The lowest BCUT2D eigenvalue weighted by atomic mass is 9.88. The smallest absolute Gasteiger partial charge is 0.309 e. The van der Waals surface area contributed by atoms with Crippen molar-refractivity contribution in [2.45, 2.75) is 47.0 Å². The lowest BCUT2D eigenvalue weighted by Gasteiger charge is -2.12. The standard InChI is InChI=1S/C17H26O2/c1-5-11(3)7-13-9-14(8-12(4)6-2)16-15(13)10-19-17(16)18/h7-8,13-16H,5-6,9-10H2,1-4H3/b11-7-,12-8-. The minimum Gasteiger partial charge on any atom is -0.465 e. The maximum atomic E-state index is 12.0. The Morgan fingerprint density at radius 2 is 1.74 bits per heavy atom. The molecule has 19 heavy (non-hydrogen) atoms. The molecule has 2 fully saturated rings. The third-order valence-electron chi connectivity index (χ3n) is 4.82. The van der Waals surface area contributed by atoms with Crippen LogP contribution in [0.3, 0.4) is 0 Å². The van der Waals surface area contributed by atoms with Crippen molar-refractivity contribution in [1.29, 1.82) is 0 Å². The highest BCUT2D eigenvalue weighted by Gasteiger charge is 2.50. The third kappa shape index (κ3) is 2.93. The van der Waals surface area contributed by atoms with Crippen LogP contribution in [0.15, 0.2) is 23.3 Å². The molecule has 1 saturated carbocycles. The van der Waals surface area contributed by atoms with Crippen LogP contribution in [0.2, 0.25) is 0 Å². The molecule has 106 valence electrons. The summed E-state index contributed by atoms with van der Waals surface area (Å²) >= 11 is 0. The van der Waals surface area contributed by atoms with Crippen LogP contribution >= 0.6 is 0 Å². The summed E-state index contributed by atoms with van der Waals surface area (Å²) in [6.07, 6.45) is 7.97. The van der Waals surface area contributed by atoms with Crippen LogP contribution in [0, 0.1) is 23.7 Å². The molecule has 2 rings (SSSR count). The van der Waals surface area contributed by atoms with Crippen molar-refractivity contribution in [2.24, 2.45) is 23.7 Å². The largest absolute Gasteiger partial charge is 0.465 e. The summed E-state index contributed by atoms with van der Waals surface area (Å²) in [7, 11) is 0. The molecule has 0 amide bonds. The fourth-order valence-corrected chi connectivity index (χ4v) is 3.40. The first-order valence-corrected chi connectivity index (χ1v) is 7.58. The Balaban J connectivity index is 2.21. The van der Waals surface area contributed by atoms with E-state index in [1.807, 2.05) is 0 Å². The fourth-order valence-electron chi connectivity index (χ4n) is 3.40. The zero-order valence-electron chi connectivity index (χ0n) is 12.6. The minimum atomic E-state index is 0.0280. The van der Waals surface area contributed by atoms with E-state index in [-0.39, 0.29) is 11.9 Å². The van der Waals surface area contributed by atoms with Gasteiger partial charge in [0.2, 0.25) is 0 Å². The maximum absolute atomic E-state index is 12.0. The highest BCUT2D eigenvalue weighted by Crippen LogP contribution is 2.48. The second-order valence-electron chi connectivity index (χ2n) is 6.12. The van der Waals surface area contributed by atoms with Gasteiger partial charge in [0.25, 0.3) is 0 Å². The van der Waals surface area contributed by atoms with Crippen molar-refractivity contribution in [1.82, 2.24) is 0 Å². The Labute approximate surface area is 116 Å². The van der Waals surface area contributed by atoms with Crippen molar-refractivity contribution in [2.75, 3.05) is 6.61 Å². The van der Waals surface area contributed by atoms with Gasteiger partial charge in [-0.15, -0.1) is 0 Å². The molecule has 4 unspecified atom stereocenters. The Hall–Kier alpha value is -1.05. The SMILES string of the molecule is CC/C(C)=C\C1CC(/C=C(/C)CC)C2C(=O)OCC12. The Bertz CT molecular complexity index is 405. The van der Waals surface area contributed by atoms with E-state index in [2.05, 4.69) is 39.8 Å². The first kappa shape index (κ1) is 14.4. The average molecular weight is 262 g/mol. The van der Waals surface area contributed by atoms with Crippen molar-refractivity contribution in [3.05, 3.63) is 23.3 Å². The van der Waals surface area contributed by atoms with Gasteiger partial charge in [-0.05, 0) is 44.9 Å². The summed E-state index contributed by atoms with van der Waals surface area (Å²) < 4.78 is 5.31. The van der Waals surface area contributed by atoms with E-state index >= 15 is 0 Å². The molecule has 4 atom stereocenters. The molecule has 1 aliphatic carbocycles. The van der Waals surface area contributed by atoms with Crippen molar-refractivity contribution in [3.8, 4) is 0 Å². The Morgan fingerprint density at radius 3 is 2.32 bits per heavy atom. The van der Waals surface area contributed by atoms with Gasteiger partial charge in [0.05, 0.1) is 12.5 Å². The minimum absolute atomic E-state index is 0.0280. The molecule has 0 aromatic heterocycles. The van der Waals surface area contributed by atoms with Crippen LogP contribution in [-0.2, 0) is 9.53 Å². The molecule has 2 aliphatic rings. The summed E-state index contributed by atoms with van der Waals surface area (Å²) in [5, 5.41) is 0. The molecule has 0 spiro atoms. The summed E-state index contributed by atoms with van der Waals surface area (Å²) in [5.41, 5.74) is 2.82. The summed E-state index contributed by atoms with van der Waals surface area (Å²) in [4.78, 5) is 12.0. The van der Waals surface area contributed by atoms with E-state index < -0.39 is 0 Å². The van der Waals surface area contributed by atoms with E-state index in [0.717, 1.165) is 19.3 Å². The number of fused-ring (bicyclic) bond motifs is 1. The Kier molecular flexibility index (Phi) is 4.49. The Morgan fingerprint density at radius 1 is 1.16 bits per heavy atom. The van der Waals surface area contributed by atoms with Gasteiger partial charge in [0.1, 0.15) is 0 Å². The molecule has 0 radical (unpaired) electrons. The topological polar surface area (TPSA) is 26.3 Å². The fraction of sp³-hybridized carbons (Fsp3) is 0.706. The van der Waals surface area contributed by atoms with Gasteiger partial charge in [-0.25, -0.2) is 0 Å². The van der Waals surface area contributed by atoms with Crippen LogP contribution in [0.4, 0.5) is 0 Å². The molecular formula is C17H26O2. The van der Waals surface area contributed by atoms with E-state index in [0.29, 0.717) is 24.4 Å². The van der Waals surface area contributed by atoms with Crippen molar-refractivity contribution >= 4 is 5.97 Å². The predicted molar refractivity (Wildman–Crippen MR) is 77.6 cm³/mol. The molecule has 1 heterocycles. The van der Waals surface area contributed by atoms with Gasteiger partial charge in [-0.2, -0.15) is 0 Å². The van der Waals surface area contributed by atoms with Crippen molar-refractivity contribution in [3.63, 3.8) is 0 Å². The van der Waals surface area contributed by atoms with Crippen LogP contribution in [0.25, 0.3) is 0 Å². The summed E-state index contributed by atoms with van der Waals surface area (Å²) in [6.45, 7) is 9.33. The number of carbonyl (C=O) groups excluding carboxylic acids is 1. The van der Waals surface area contributed by atoms with Gasteiger partial charge in [-0.3, -0.25) is 4.79 Å². The number of hydrogen-bond acceptors (Lipinski definition) is 2. The van der Waals surface area contributed by atoms with Gasteiger partial charge < -0.3 is 4.74 Å². The van der Waals surface area contributed by atoms with Crippen LogP contribution in [0.5, 0.6) is 0 Å². The summed E-state index contributed by atoms with van der Waals surface area (Å²) in [6, 6.07) is 0. The molecule has 1 aliphatic heterocycles. The van der Waals surface area contributed by atoms with Crippen LogP contribution < -0.4 is 0 Å². The number of hydrogen-bond donors (Lipinski definition) is 0. The molecule has 2 heteroatoms. The molecule has 0 aromatic rings. The number of allylic oxidation sites excluding steroid dienone is 4. The number of cyclic esters (lactones) is 1. The lowest BCUT2D eigenvalue weighted by Crippen LogP contribution is -2.17. The van der Waals surface area contributed by atoms with Gasteiger partial charge in [-0.1, -0.05) is 37.1 Å². The highest BCUT2D eigenvalue weighted by atomic mass is 16.5. The van der Waals surface area contributed by atoms with Crippen LogP contribution in [0.1, 0.15) is 47.0 Å². The predicted octanol–water partition coefficient (Wildman–Crippen LogP) is 4.12. The second kappa shape index (κ2) is 5.94. The molecular weight excluding hydrogens is 236 g/mol. The number of ether oxygens (including phenoxy) is 1. The monoisotopic (exact) mass is 262 g/mol. The van der Waals surface area contributed by atoms with Crippen LogP contribution in [-0.4, -0.2) is 12.6 Å². The number of esters is 1.